The van der Waals surface area contributed by atoms with E-state index in [1.165, 1.54) is 12.8 Å². The van der Waals surface area contributed by atoms with Crippen molar-refractivity contribution < 1.29 is 42.5 Å². The van der Waals surface area contributed by atoms with Crippen LogP contribution in [0.25, 0.3) is 0 Å². The van der Waals surface area contributed by atoms with Gasteiger partial charge in [-0.15, -0.1) is 0 Å². The molecule has 0 aromatic heterocycles. The van der Waals surface area contributed by atoms with E-state index in [4.69, 9.17) is 9.90 Å². The molecule has 2 aromatic carbocycles. The van der Waals surface area contributed by atoms with Crippen molar-refractivity contribution in [3.63, 3.8) is 0 Å². The van der Waals surface area contributed by atoms with Crippen LogP contribution in [0.5, 0.6) is 11.5 Å². The zero-order valence-corrected chi connectivity index (χ0v) is 24.1. The summed E-state index contributed by atoms with van der Waals surface area (Å²) in [5.41, 5.74) is 3.46. The van der Waals surface area contributed by atoms with Gasteiger partial charge in [0.25, 0.3) is 0 Å². The molecule has 203 valence electrons. The van der Waals surface area contributed by atoms with E-state index < -0.39 is 5.97 Å². The number of carboxylic acids is 1. The van der Waals surface area contributed by atoms with E-state index in [-0.39, 0.29) is 10.8 Å². The number of nitrogens with zero attached hydrogens (tertiary/aromatic N) is 2. The number of hydrogen-bond donors (Lipinski definition) is 2. The van der Waals surface area contributed by atoms with E-state index in [9.17, 15) is 10.2 Å². The van der Waals surface area contributed by atoms with Crippen LogP contribution in [0.4, 0.5) is 0 Å². The van der Waals surface area contributed by atoms with Crippen molar-refractivity contribution in [2.24, 2.45) is 0 Å². The topological polar surface area (TPSA) is 86.6 Å². The summed E-state index contributed by atoms with van der Waals surface area (Å²) < 4.78 is 4.73. The van der Waals surface area contributed by atoms with Crippen LogP contribution in [0.1, 0.15) is 96.4 Å². The normalized spacial score (nSPS) is 22.1. The zero-order valence-electron chi connectivity index (χ0n) is 23.0. The number of hydrogen-bond acceptors (Lipinski definition) is 4. The summed E-state index contributed by atoms with van der Waals surface area (Å²) in [5, 5.41) is 30.9. The number of phenols is 2. The van der Waals surface area contributed by atoms with E-state index >= 15 is 0 Å². The van der Waals surface area contributed by atoms with E-state index in [2.05, 4.69) is 61.2 Å². The molecule has 0 radical (unpaired) electrons. The standard InChI is InChI=1S/C28H38N2O2.C2H4O2.Co/c1-27(2,3)21-13-9-11-19(25(21)31)17-29-23-15-7-8-16-24(23)30-18-20-12-10-14-22(26(20)32)28(4,5)6;1-2(3)4;/h9-14,17-18,23-24,31-32H,7-8,15-16H2,1-6H3;1H3,(H,3,4);/q;;+2/p-1. The van der Waals surface area contributed by atoms with Gasteiger partial charge in [-0.2, -0.15) is 0 Å². The second-order valence-corrected chi connectivity index (χ2v) is 13.1. The molecule has 1 aliphatic carbocycles. The first-order chi connectivity index (χ1) is 17.2. The molecule has 0 bridgehead atoms. The van der Waals surface area contributed by atoms with Gasteiger partial charge in [0.1, 0.15) is 0 Å². The predicted octanol–water partition coefficient (Wildman–Crippen LogP) is 4.25. The number of benzene rings is 2. The minimum absolute atomic E-state index is 0.112. The number of rotatable bonds is 2. The molecule has 2 unspecified atom stereocenters. The first-order valence-electron chi connectivity index (χ1n) is 12.9. The van der Waals surface area contributed by atoms with Crippen molar-refractivity contribution in [1.82, 2.24) is 0 Å². The maximum absolute atomic E-state index is 11.0. The van der Waals surface area contributed by atoms with Gasteiger partial charge in [0.2, 0.25) is 0 Å². The predicted molar refractivity (Wildman–Crippen MR) is 141 cm³/mol. The van der Waals surface area contributed by atoms with Crippen LogP contribution in [0.2, 0.25) is 0 Å². The molecule has 1 aliphatic heterocycles. The number of fused-ring (bicyclic) bond motifs is 1. The summed E-state index contributed by atoms with van der Waals surface area (Å²) in [7, 11) is 0. The first kappa shape index (κ1) is 28.9. The number of carboxylic acid groups (broad SMARTS) is 1. The number of carbonyl (C=O) groups excluding carboxylic acids is 1. The Bertz CT molecular complexity index is 1110. The van der Waals surface area contributed by atoms with Crippen molar-refractivity contribution in [2.45, 2.75) is 97.1 Å². The van der Waals surface area contributed by atoms with Crippen LogP contribution in [-0.2, 0) is 30.8 Å². The molecule has 2 N–H and O–H groups in total. The second-order valence-electron chi connectivity index (χ2n) is 11.9. The van der Waals surface area contributed by atoms with Gasteiger partial charge in [-0.3, -0.25) is 0 Å². The van der Waals surface area contributed by atoms with Gasteiger partial charge in [0, 0.05) is 5.97 Å². The Morgan fingerprint density at radius 2 is 1.19 bits per heavy atom. The van der Waals surface area contributed by atoms with Crippen LogP contribution < -0.4 is 5.11 Å². The van der Waals surface area contributed by atoms with Gasteiger partial charge in [-0.1, -0.05) is 0 Å². The van der Waals surface area contributed by atoms with Gasteiger partial charge >= 0.3 is 205 Å². The molecule has 37 heavy (non-hydrogen) atoms. The third-order valence-corrected chi connectivity index (χ3v) is 8.16. The zero-order chi connectivity index (χ0) is 27.5. The van der Waals surface area contributed by atoms with Gasteiger partial charge in [0.15, 0.2) is 0 Å². The van der Waals surface area contributed by atoms with E-state index in [0.29, 0.717) is 23.6 Å². The Hall–Kier alpha value is -2.64. The van der Waals surface area contributed by atoms with Gasteiger partial charge in [-0.05, 0) is 6.92 Å². The molecule has 4 rings (SSSR count). The molecule has 1 heterocycles. The molecule has 2 atom stereocenters. The number of carbonyl (C=O) groups is 1. The summed E-state index contributed by atoms with van der Waals surface area (Å²) in [4.78, 5) is 8.89. The molecule has 1 saturated heterocycles. The fourth-order valence-corrected chi connectivity index (χ4v) is 6.48. The third kappa shape index (κ3) is 7.02. The molecule has 2 fully saturated rings. The average Bonchev–Trinajstić information content (AvgIpc) is 3.12. The Kier molecular flexibility index (Phi) is 8.91. The van der Waals surface area contributed by atoms with E-state index in [1.54, 1.807) is 0 Å². The number of aromatic hydroxyl groups is 2. The van der Waals surface area contributed by atoms with Crippen molar-refractivity contribution in [3.05, 3.63) is 58.7 Å². The van der Waals surface area contributed by atoms with Crippen LogP contribution in [-0.4, -0.2) is 47.9 Å². The Morgan fingerprint density at radius 3 is 1.51 bits per heavy atom. The summed E-state index contributed by atoms with van der Waals surface area (Å²) in [5.74, 6) is -0.324. The summed E-state index contributed by atoms with van der Waals surface area (Å²) in [6.45, 7) is 13.8. The summed E-state index contributed by atoms with van der Waals surface area (Å²) >= 11 is 1.10. The maximum atomic E-state index is 11.0. The second kappa shape index (κ2) is 11.4. The van der Waals surface area contributed by atoms with Crippen molar-refractivity contribution in [3.8, 4) is 11.5 Å². The van der Waals surface area contributed by atoms with Crippen LogP contribution in [0.15, 0.2) is 36.4 Å². The molecule has 0 amide bonds. The summed E-state index contributed by atoms with van der Waals surface area (Å²) in [6.07, 6.45) is 9.01. The molecule has 6 nitrogen and oxygen atoms in total. The molecular formula is C30H41CoN2O4+. The first-order valence-corrected chi connectivity index (χ1v) is 13.8. The Balaban J connectivity index is 0.000000886. The molecule has 0 spiro atoms. The number of para-hydroxylation sites is 2. The van der Waals surface area contributed by atoms with Gasteiger partial charge in [-0.25, -0.2) is 0 Å². The molecular weight excluding hydrogens is 511 g/mol. The van der Waals surface area contributed by atoms with E-state index in [1.807, 2.05) is 36.4 Å². The molecule has 2 aliphatic rings. The van der Waals surface area contributed by atoms with E-state index in [0.717, 1.165) is 57.1 Å². The Labute approximate surface area is 227 Å². The van der Waals surface area contributed by atoms with Crippen LogP contribution in [0.3, 0.4) is 0 Å². The van der Waals surface area contributed by atoms with Crippen LogP contribution >= 0.6 is 0 Å². The minimum atomic E-state index is -1.08. The van der Waals surface area contributed by atoms with Gasteiger partial charge in [0.05, 0.1) is 0 Å². The molecule has 7 heteroatoms. The van der Waals surface area contributed by atoms with Gasteiger partial charge < -0.3 is 9.90 Å². The number of phenolic OH excluding ortho intramolecular Hbond substituents is 2. The van der Waals surface area contributed by atoms with Crippen molar-refractivity contribution in [2.75, 3.05) is 0 Å². The third-order valence-electron chi connectivity index (χ3n) is 6.72. The fourth-order valence-electron chi connectivity index (χ4n) is 4.85. The monoisotopic (exact) mass is 552 g/mol. The number of aliphatic carboxylic acids is 1. The fraction of sp³-hybridized carbons (Fsp3) is 0.500. The Morgan fingerprint density at radius 1 is 0.838 bits per heavy atom. The average molecular weight is 553 g/mol. The van der Waals surface area contributed by atoms with Crippen molar-refractivity contribution >= 4 is 18.4 Å². The van der Waals surface area contributed by atoms with Crippen molar-refractivity contribution in [1.29, 1.82) is 0 Å². The quantitative estimate of drug-likeness (QED) is 0.584. The van der Waals surface area contributed by atoms with Crippen LogP contribution in [0, 0.1) is 0 Å². The summed E-state index contributed by atoms with van der Waals surface area (Å²) in [6, 6.07) is 12.9. The molecule has 2 aromatic rings. The molecule has 1 saturated carbocycles. The SMILES string of the molecule is CC(=O)[O-].CC(C)(C)c1cccc(C=[N+]2[Co][N+](=Cc3cccc(C(C)(C)C)c3O)C3CCCCC32)c1O.